The normalized spacial score (nSPS) is 10.8. The molecule has 3 N–H and O–H groups in total. The molecular formula is C16H16N2O. The third-order valence-electron chi connectivity index (χ3n) is 3.12. The highest BCUT2D eigenvalue weighted by Crippen LogP contribution is 2.20. The summed E-state index contributed by atoms with van der Waals surface area (Å²) in [7, 11) is 0. The van der Waals surface area contributed by atoms with E-state index in [1.807, 2.05) is 42.5 Å². The molecule has 0 radical (unpaired) electrons. The zero-order valence-electron chi connectivity index (χ0n) is 10.8. The van der Waals surface area contributed by atoms with Crippen LogP contribution in [0, 0.1) is 6.92 Å². The maximum absolute atomic E-state index is 5.76. The van der Waals surface area contributed by atoms with Gasteiger partial charge in [-0.3, -0.25) is 0 Å². The molecule has 0 aliphatic heterocycles. The molecule has 0 saturated heterocycles. The molecule has 0 atom stereocenters. The van der Waals surface area contributed by atoms with Crippen molar-refractivity contribution in [2.24, 2.45) is 0 Å². The Kier molecular flexibility index (Phi) is 2.88. The number of aromatic nitrogens is 1. The second-order valence-corrected chi connectivity index (χ2v) is 4.74. The van der Waals surface area contributed by atoms with Crippen molar-refractivity contribution >= 4 is 16.6 Å². The van der Waals surface area contributed by atoms with Crippen LogP contribution < -0.4 is 10.5 Å². The fourth-order valence-corrected chi connectivity index (χ4v) is 2.08. The van der Waals surface area contributed by atoms with Crippen LogP contribution in [-0.4, -0.2) is 4.98 Å². The number of benzene rings is 2. The molecule has 0 aliphatic carbocycles. The van der Waals surface area contributed by atoms with Gasteiger partial charge in [0.25, 0.3) is 0 Å². The molecule has 0 saturated carbocycles. The van der Waals surface area contributed by atoms with Crippen LogP contribution in [0.5, 0.6) is 5.75 Å². The number of hydrogen-bond acceptors (Lipinski definition) is 2. The van der Waals surface area contributed by atoms with Crippen LogP contribution in [0.3, 0.4) is 0 Å². The van der Waals surface area contributed by atoms with Gasteiger partial charge in [-0.2, -0.15) is 0 Å². The van der Waals surface area contributed by atoms with E-state index in [4.69, 9.17) is 10.5 Å². The van der Waals surface area contributed by atoms with E-state index in [1.165, 1.54) is 5.56 Å². The van der Waals surface area contributed by atoms with Crippen molar-refractivity contribution < 1.29 is 4.74 Å². The number of anilines is 1. The zero-order chi connectivity index (χ0) is 13.2. The topological polar surface area (TPSA) is 51.0 Å². The number of rotatable bonds is 3. The maximum atomic E-state index is 5.76. The number of aryl methyl sites for hydroxylation is 1. The van der Waals surface area contributed by atoms with Gasteiger partial charge < -0.3 is 15.5 Å². The van der Waals surface area contributed by atoms with Gasteiger partial charge in [0.2, 0.25) is 0 Å². The van der Waals surface area contributed by atoms with E-state index < -0.39 is 0 Å². The summed E-state index contributed by atoms with van der Waals surface area (Å²) in [5.41, 5.74) is 9.84. The van der Waals surface area contributed by atoms with Crippen molar-refractivity contribution in [1.82, 2.24) is 4.98 Å². The van der Waals surface area contributed by atoms with Gasteiger partial charge >= 0.3 is 0 Å². The molecule has 0 amide bonds. The van der Waals surface area contributed by atoms with Crippen LogP contribution in [0.15, 0.2) is 48.5 Å². The molecule has 2 aromatic carbocycles. The molecule has 0 spiro atoms. The average Bonchev–Trinajstić information content (AvgIpc) is 2.80. The second kappa shape index (κ2) is 4.69. The van der Waals surface area contributed by atoms with Gasteiger partial charge in [0.05, 0.1) is 5.69 Å². The highest BCUT2D eigenvalue weighted by Gasteiger charge is 2.02. The van der Waals surface area contributed by atoms with Gasteiger partial charge in [-0.05, 0) is 42.6 Å². The molecule has 3 nitrogen and oxygen atoms in total. The first-order valence-corrected chi connectivity index (χ1v) is 6.27. The molecule has 3 heteroatoms. The molecule has 1 aromatic heterocycles. The molecule has 96 valence electrons. The number of hydrogen-bond donors (Lipinski definition) is 2. The molecular weight excluding hydrogens is 236 g/mol. The summed E-state index contributed by atoms with van der Waals surface area (Å²) in [5, 5.41) is 1.15. The molecule has 1 heterocycles. The molecule has 0 bridgehead atoms. The summed E-state index contributed by atoms with van der Waals surface area (Å²) >= 11 is 0. The smallest absolute Gasteiger partial charge is 0.128 e. The van der Waals surface area contributed by atoms with Gasteiger partial charge in [-0.1, -0.05) is 23.8 Å². The van der Waals surface area contributed by atoms with Crippen LogP contribution >= 0.6 is 0 Å². The van der Waals surface area contributed by atoms with E-state index in [-0.39, 0.29) is 0 Å². The monoisotopic (exact) mass is 252 g/mol. The summed E-state index contributed by atoms with van der Waals surface area (Å²) in [4.78, 5) is 3.31. The van der Waals surface area contributed by atoms with Crippen molar-refractivity contribution in [2.45, 2.75) is 13.5 Å². The Hall–Kier alpha value is -2.42. The molecule has 3 aromatic rings. The predicted molar refractivity (Wildman–Crippen MR) is 78.2 cm³/mol. The van der Waals surface area contributed by atoms with Crippen LogP contribution in [0.4, 0.5) is 5.69 Å². The van der Waals surface area contributed by atoms with E-state index in [9.17, 15) is 0 Å². The Labute approximate surface area is 112 Å². The highest BCUT2D eigenvalue weighted by atomic mass is 16.5. The van der Waals surface area contributed by atoms with E-state index in [1.54, 1.807) is 0 Å². The largest absolute Gasteiger partial charge is 0.487 e. The number of nitrogens with one attached hydrogen (secondary N) is 1. The van der Waals surface area contributed by atoms with Crippen LogP contribution in [0.1, 0.15) is 11.3 Å². The van der Waals surface area contributed by atoms with Gasteiger partial charge in [0, 0.05) is 11.2 Å². The summed E-state index contributed by atoms with van der Waals surface area (Å²) in [6, 6.07) is 16.0. The molecule has 0 aliphatic rings. The summed E-state index contributed by atoms with van der Waals surface area (Å²) in [5.74, 6) is 0.878. The fraction of sp³-hybridized carbons (Fsp3) is 0.125. The number of aromatic amines is 1. The average molecular weight is 252 g/mol. The van der Waals surface area contributed by atoms with Gasteiger partial charge in [0.15, 0.2) is 0 Å². The lowest BCUT2D eigenvalue weighted by Crippen LogP contribution is -1.95. The first kappa shape index (κ1) is 11.7. The van der Waals surface area contributed by atoms with E-state index >= 15 is 0 Å². The lowest BCUT2D eigenvalue weighted by atomic mass is 10.2. The summed E-state index contributed by atoms with van der Waals surface area (Å²) in [6.45, 7) is 2.59. The minimum Gasteiger partial charge on any atom is -0.487 e. The number of ether oxygens (including phenoxy) is 1. The molecule has 0 unspecified atom stereocenters. The lowest BCUT2D eigenvalue weighted by molar-refractivity contribution is 0.302. The molecule has 0 fully saturated rings. The number of nitrogen functional groups attached to an aromatic ring is 1. The van der Waals surface area contributed by atoms with E-state index in [0.29, 0.717) is 6.61 Å². The Bertz CT molecular complexity index is 698. The van der Waals surface area contributed by atoms with Crippen LogP contribution in [-0.2, 0) is 6.61 Å². The Morgan fingerprint density at radius 3 is 2.63 bits per heavy atom. The molecule has 3 rings (SSSR count). The Balaban J connectivity index is 1.76. The summed E-state index contributed by atoms with van der Waals surface area (Å²) < 4.78 is 5.74. The third kappa shape index (κ3) is 2.55. The first-order valence-electron chi connectivity index (χ1n) is 6.27. The van der Waals surface area contributed by atoms with Gasteiger partial charge in [-0.15, -0.1) is 0 Å². The summed E-state index contributed by atoms with van der Waals surface area (Å²) in [6.07, 6.45) is 0. The van der Waals surface area contributed by atoms with Crippen LogP contribution in [0.25, 0.3) is 10.9 Å². The SMILES string of the molecule is Cc1ccc(OCc2cc3ccc(N)cc3[nH]2)cc1. The molecule has 19 heavy (non-hydrogen) atoms. The van der Waals surface area contributed by atoms with Crippen molar-refractivity contribution in [3.63, 3.8) is 0 Å². The fourth-order valence-electron chi connectivity index (χ4n) is 2.08. The van der Waals surface area contributed by atoms with E-state index in [0.717, 1.165) is 28.0 Å². The zero-order valence-corrected chi connectivity index (χ0v) is 10.8. The standard InChI is InChI=1S/C16H16N2O/c1-11-2-6-15(7-3-11)19-10-14-8-12-4-5-13(17)9-16(12)18-14/h2-9,18H,10,17H2,1H3. The quantitative estimate of drug-likeness (QED) is 0.699. The minimum absolute atomic E-state index is 0.525. The van der Waals surface area contributed by atoms with Crippen molar-refractivity contribution in [2.75, 3.05) is 5.73 Å². The highest BCUT2D eigenvalue weighted by molar-refractivity contribution is 5.83. The number of nitrogens with two attached hydrogens (primary N) is 1. The lowest BCUT2D eigenvalue weighted by Gasteiger charge is -2.04. The van der Waals surface area contributed by atoms with Gasteiger partial charge in [-0.25, -0.2) is 0 Å². The van der Waals surface area contributed by atoms with Crippen LogP contribution in [0.2, 0.25) is 0 Å². The van der Waals surface area contributed by atoms with Crippen molar-refractivity contribution in [3.05, 3.63) is 59.8 Å². The number of H-pyrrole nitrogens is 1. The van der Waals surface area contributed by atoms with E-state index in [2.05, 4.69) is 18.0 Å². The van der Waals surface area contributed by atoms with Crippen molar-refractivity contribution in [3.8, 4) is 5.75 Å². The minimum atomic E-state index is 0.525. The van der Waals surface area contributed by atoms with Crippen molar-refractivity contribution in [1.29, 1.82) is 0 Å². The predicted octanol–water partition coefficient (Wildman–Crippen LogP) is 3.64. The Morgan fingerprint density at radius 1 is 1.05 bits per heavy atom. The maximum Gasteiger partial charge on any atom is 0.128 e. The Morgan fingerprint density at radius 2 is 1.84 bits per heavy atom. The number of fused-ring (bicyclic) bond motifs is 1. The third-order valence-corrected chi connectivity index (χ3v) is 3.12. The van der Waals surface area contributed by atoms with Gasteiger partial charge in [0.1, 0.15) is 12.4 Å². The first-order chi connectivity index (χ1) is 9.20. The second-order valence-electron chi connectivity index (χ2n) is 4.74.